The summed E-state index contributed by atoms with van der Waals surface area (Å²) in [5.74, 6) is 1.03. The molecule has 3 nitrogen and oxygen atoms in total. The maximum Gasteiger partial charge on any atom is 0.239 e. The van der Waals surface area contributed by atoms with Gasteiger partial charge in [0.05, 0.1) is 11.4 Å². The van der Waals surface area contributed by atoms with E-state index >= 15 is 0 Å². The van der Waals surface area contributed by atoms with Gasteiger partial charge in [-0.1, -0.05) is 54.6 Å². The summed E-state index contributed by atoms with van der Waals surface area (Å²) in [5, 5.41) is 2.36. The Morgan fingerprint density at radius 2 is 1.71 bits per heavy atom. The van der Waals surface area contributed by atoms with E-state index in [1.807, 2.05) is 56.0 Å². The molecular weight excluding hydrogens is 366 g/mol. The van der Waals surface area contributed by atoms with Crippen molar-refractivity contribution in [2.45, 2.75) is 37.4 Å². The van der Waals surface area contributed by atoms with E-state index in [0.717, 1.165) is 16.9 Å². The van der Waals surface area contributed by atoms with Gasteiger partial charge in [-0.25, -0.2) is 0 Å². The first-order valence-corrected chi connectivity index (χ1v) is 10.6. The van der Waals surface area contributed by atoms with Gasteiger partial charge in [0.25, 0.3) is 0 Å². The molecule has 1 heterocycles. The molecule has 1 unspecified atom stereocenters. The largest absolute Gasteiger partial charge is 0.493 e. The zero-order valence-corrected chi connectivity index (χ0v) is 17.3. The molecule has 3 aromatic rings. The summed E-state index contributed by atoms with van der Waals surface area (Å²) >= 11 is 1.70. The van der Waals surface area contributed by atoms with Crippen LogP contribution in [-0.4, -0.2) is 22.2 Å². The number of para-hydroxylation sites is 1. The second kappa shape index (κ2) is 7.51. The number of thioether (sulfide) groups is 1. The van der Waals surface area contributed by atoms with Gasteiger partial charge in [-0.3, -0.25) is 4.79 Å². The third-order valence-electron chi connectivity index (χ3n) is 5.12. The number of fused-ring (bicyclic) bond motifs is 1. The molecule has 4 rings (SSSR count). The van der Waals surface area contributed by atoms with Gasteiger partial charge in [-0.05, 0) is 49.2 Å². The van der Waals surface area contributed by atoms with Crippen molar-refractivity contribution in [3.05, 3.63) is 77.9 Å². The molecule has 1 saturated heterocycles. The van der Waals surface area contributed by atoms with Gasteiger partial charge in [-0.2, -0.15) is 0 Å². The molecular formula is C24H25NO2S. The zero-order chi connectivity index (χ0) is 19.7. The van der Waals surface area contributed by atoms with Crippen molar-refractivity contribution in [2.24, 2.45) is 0 Å². The highest BCUT2D eigenvalue weighted by Crippen LogP contribution is 2.51. The molecule has 1 aliphatic rings. The predicted molar refractivity (Wildman–Crippen MR) is 117 cm³/mol. The Morgan fingerprint density at radius 3 is 2.50 bits per heavy atom. The quantitative estimate of drug-likeness (QED) is 0.551. The summed E-state index contributed by atoms with van der Waals surface area (Å²) in [7, 11) is 0. The summed E-state index contributed by atoms with van der Waals surface area (Å²) in [5.41, 5.74) is 2.21. The lowest BCUT2D eigenvalue weighted by Crippen LogP contribution is -2.35. The first-order valence-electron chi connectivity index (χ1n) is 9.68. The summed E-state index contributed by atoms with van der Waals surface area (Å²) in [4.78, 5) is 15.2. The molecule has 0 aromatic heterocycles. The van der Waals surface area contributed by atoms with Crippen molar-refractivity contribution in [1.29, 1.82) is 0 Å². The van der Waals surface area contributed by atoms with Gasteiger partial charge in [0.15, 0.2) is 0 Å². The maximum atomic E-state index is 13.2. The summed E-state index contributed by atoms with van der Waals surface area (Å²) in [6.45, 7) is 7.20. The van der Waals surface area contributed by atoms with Crippen LogP contribution in [0.15, 0.2) is 66.7 Å². The number of carbonyl (C=O) groups excluding carboxylic acids is 1. The van der Waals surface area contributed by atoms with Crippen LogP contribution in [0.4, 0.5) is 0 Å². The van der Waals surface area contributed by atoms with E-state index in [2.05, 4.69) is 36.4 Å². The molecule has 0 aliphatic carbocycles. The number of hydrogen-bond acceptors (Lipinski definition) is 3. The third kappa shape index (κ3) is 3.49. The van der Waals surface area contributed by atoms with Crippen molar-refractivity contribution < 1.29 is 9.53 Å². The van der Waals surface area contributed by atoms with E-state index < -0.39 is 4.75 Å². The van der Waals surface area contributed by atoms with E-state index in [1.54, 1.807) is 11.8 Å². The third-order valence-corrected chi connectivity index (χ3v) is 6.61. The smallest absolute Gasteiger partial charge is 0.239 e. The Hall–Kier alpha value is -2.46. The lowest BCUT2D eigenvalue weighted by atomic mass is 10.1. The van der Waals surface area contributed by atoms with Crippen molar-refractivity contribution in [1.82, 2.24) is 4.90 Å². The van der Waals surface area contributed by atoms with Gasteiger partial charge < -0.3 is 9.64 Å². The Labute approximate surface area is 170 Å². The highest BCUT2D eigenvalue weighted by atomic mass is 32.2. The fraction of sp³-hybridized carbons (Fsp3) is 0.292. The number of ether oxygens (including phenoxy) is 1. The first-order chi connectivity index (χ1) is 13.5. The summed E-state index contributed by atoms with van der Waals surface area (Å²) < 4.78 is 5.40. The minimum Gasteiger partial charge on any atom is -0.493 e. The van der Waals surface area contributed by atoms with Gasteiger partial charge in [0, 0.05) is 12.1 Å². The van der Waals surface area contributed by atoms with Crippen LogP contribution in [0.1, 0.15) is 37.3 Å². The van der Waals surface area contributed by atoms with Gasteiger partial charge in [-0.15, -0.1) is 11.8 Å². The summed E-state index contributed by atoms with van der Waals surface area (Å²) in [6, 6.07) is 22.8. The molecule has 1 amide bonds. The molecule has 0 saturated carbocycles. The molecule has 1 fully saturated rings. The topological polar surface area (TPSA) is 29.5 Å². The molecule has 1 aliphatic heterocycles. The molecule has 0 bridgehead atoms. The number of benzene rings is 3. The van der Waals surface area contributed by atoms with Crippen molar-refractivity contribution in [2.75, 3.05) is 6.61 Å². The van der Waals surface area contributed by atoms with Crippen LogP contribution in [0, 0.1) is 0 Å². The van der Waals surface area contributed by atoms with E-state index in [4.69, 9.17) is 4.74 Å². The Morgan fingerprint density at radius 1 is 1.00 bits per heavy atom. The molecule has 0 N–H and O–H groups in total. The Balaban J connectivity index is 1.70. The van der Waals surface area contributed by atoms with Gasteiger partial charge >= 0.3 is 0 Å². The zero-order valence-electron chi connectivity index (χ0n) is 16.5. The fourth-order valence-electron chi connectivity index (χ4n) is 3.74. The Kier molecular flexibility index (Phi) is 5.07. The molecule has 3 aromatic carbocycles. The average Bonchev–Trinajstić information content (AvgIpc) is 2.92. The van der Waals surface area contributed by atoms with Gasteiger partial charge in [0.2, 0.25) is 5.91 Å². The molecule has 4 heteroatoms. The van der Waals surface area contributed by atoms with Crippen LogP contribution in [0.5, 0.6) is 5.75 Å². The first kappa shape index (κ1) is 18.9. The maximum absolute atomic E-state index is 13.2. The standard InChI is InChI=1S/C24H25NO2S/c1-4-27-21-12-8-7-11-20(21)22-25(23(26)24(2,3)28-22)16-17-13-14-18-9-5-6-10-19(18)15-17/h5-15,22H,4,16H2,1-3H3. The molecule has 144 valence electrons. The number of rotatable bonds is 5. The molecule has 0 radical (unpaired) electrons. The van der Waals surface area contributed by atoms with E-state index in [1.165, 1.54) is 10.8 Å². The number of carbonyl (C=O) groups is 1. The minimum absolute atomic E-state index is 0.0586. The second-order valence-corrected chi connectivity index (χ2v) is 9.27. The molecule has 1 atom stereocenters. The van der Waals surface area contributed by atoms with E-state index in [9.17, 15) is 4.79 Å². The van der Waals surface area contributed by atoms with Crippen LogP contribution < -0.4 is 4.74 Å². The van der Waals surface area contributed by atoms with Crippen LogP contribution in [-0.2, 0) is 11.3 Å². The molecule has 0 spiro atoms. The predicted octanol–water partition coefficient (Wildman–Crippen LogP) is 5.79. The van der Waals surface area contributed by atoms with E-state index in [0.29, 0.717) is 13.2 Å². The van der Waals surface area contributed by atoms with Crippen LogP contribution in [0.3, 0.4) is 0 Å². The normalized spacial score (nSPS) is 18.6. The summed E-state index contributed by atoms with van der Waals surface area (Å²) in [6.07, 6.45) is 0. The minimum atomic E-state index is -0.457. The van der Waals surface area contributed by atoms with Crippen LogP contribution >= 0.6 is 11.8 Å². The number of hydrogen-bond donors (Lipinski definition) is 0. The van der Waals surface area contributed by atoms with E-state index in [-0.39, 0.29) is 11.3 Å². The van der Waals surface area contributed by atoms with Crippen molar-refractivity contribution in [3.63, 3.8) is 0 Å². The number of nitrogens with zero attached hydrogens (tertiary/aromatic N) is 1. The van der Waals surface area contributed by atoms with Crippen molar-refractivity contribution in [3.8, 4) is 5.75 Å². The Bertz CT molecular complexity index is 1010. The fourth-order valence-corrected chi connectivity index (χ4v) is 5.13. The lowest BCUT2D eigenvalue weighted by Gasteiger charge is -2.26. The highest BCUT2D eigenvalue weighted by molar-refractivity contribution is 8.02. The lowest BCUT2D eigenvalue weighted by molar-refractivity contribution is -0.132. The molecule has 28 heavy (non-hydrogen) atoms. The average molecular weight is 392 g/mol. The van der Waals surface area contributed by atoms with Crippen molar-refractivity contribution >= 4 is 28.4 Å². The SMILES string of the molecule is CCOc1ccccc1C1SC(C)(C)C(=O)N1Cc1ccc2ccccc2c1. The second-order valence-electron chi connectivity index (χ2n) is 7.57. The monoisotopic (exact) mass is 391 g/mol. The van der Waals surface area contributed by atoms with Gasteiger partial charge in [0.1, 0.15) is 11.1 Å². The highest BCUT2D eigenvalue weighted by Gasteiger charge is 2.47. The van der Waals surface area contributed by atoms with Crippen LogP contribution in [0.25, 0.3) is 10.8 Å². The van der Waals surface area contributed by atoms with Crippen LogP contribution in [0.2, 0.25) is 0 Å². The number of amides is 1.